The standard InChI is InChI=1S/C16H28N4/c1-4-6-12-19(3)16-17-11-10-15(18-16)20-13-8-7-9-14(20)5-2/h10-11,14H,4-9,12-13H2,1-3H3. The lowest BCUT2D eigenvalue weighted by Gasteiger charge is -2.36. The van der Waals surface area contributed by atoms with Crippen molar-refractivity contribution in [3.8, 4) is 0 Å². The Balaban J connectivity index is 2.11. The van der Waals surface area contributed by atoms with Crippen molar-refractivity contribution < 1.29 is 0 Å². The van der Waals surface area contributed by atoms with E-state index in [0.717, 1.165) is 24.9 Å². The van der Waals surface area contributed by atoms with Crippen LogP contribution in [0.5, 0.6) is 0 Å². The lowest BCUT2D eigenvalue weighted by atomic mass is 10.0. The Bertz CT molecular complexity index is 407. The fraction of sp³-hybridized carbons (Fsp3) is 0.750. The first-order chi connectivity index (χ1) is 9.76. The molecule has 2 rings (SSSR count). The van der Waals surface area contributed by atoms with Crippen LogP contribution < -0.4 is 9.80 Å². The van der Waals surface area contributed by atoms with Crippen LogP contribution in [0.25, 0.3) is 0 Å². The summed E-state index contributed by atoms with van der Waals surface area (Å²) in [4.78, 5) is 13.9. The van der Waals surface area contributed by atoms with Gasteiger partial charge in [0.15, 0.2) is 0 Å². The fourth-order valence-corrected chi connectivity index (χ4v) is 2.90. The summed E-state index contributed by atoms with van der Waals surface area (Å²) >= 11 is 0. The van der Waals surface area contributed by atoms with Gasteiger partial charge >= 0.3 is 0 Å². The van der Waals surface area contributed by atoms with Crippen molar-refractivity contribution in [3.63, 3.8) is 0 Å². The third kappa shape index (κ3) is 3.62. The van der Waals surface area contributed by atoms with E-state index in [2.05, 4.69) is 41.7 Å². The molecule has 2 heterocycles. The van der Waals surface area contributed by atoms with Crippen LogP contribution in [0, 0.1) is 0 Å². The molecular weight excluding hydrogens is 248 g/mol. The number of nitrogens with zero attached hydrogens (tertiary/aromatic N) is 4. The first-order valence-electron chi connectivity index (χ1n) is 8.07. The molecule has 1 fully saturated rings. The number of hydrogen-bond acceptors (Lipinski definition) is 4. The fourth-order valence-electron chi connectivity index (χ4n) is 2.90. The van der Waals surface area contributed by atoms with Gasteiger partial charge in [-0.05, 0) is 38.2 Å². The third-order valence-electron chi connectivity index (χ3n) is 4.21. The Morgan fingerprint density at radius 3 is 2.95 bits per heavy atom. The highest BCUT2D eigenvalue weighted by Crippen LogP contribution is 2.25. The molecule has 1 aliphatic rings. The molecule has 0 N–H and O–H groups in total. The Morgan fingerprint density at radius 2 is 2.20 bits per heavy atom. The van der Waals surface area contributed by atoms with Gasteiger partial charge in [0.25, 0.3) is 0 Å². The zero-order chi connectivity index (χ0) is 14.4. The van der Waals surface area contributed by atoms with Crippen LogP contribution in [0.1, 0.15) is 52.4 Å². The van der Waals surface area contributed by atoms with Crippen molar-refractivity contribution in [2.24, 2.45) is 0 Å². The van der Waals surface area contributed by atoms with E-state index in [4.69, 9.17) is 4.98 Å². The van der Waals surface area contributed by atoms with E-state index in [1.165, 1.54) is 38.5 Å². The van der Waals surface area contributed by atoms with Gasteiger partial charge in [-0.2, -0.15) is 4.98 Å². The molecule has 0 saturated carbocycles. The summed E-state index contributed by atoms with van der Waals surface area (Å²) in [5, 5.41) is 0. The predicted molar refractivity (Wildman–Crippen MR) is 85.5 cm³/mol. The van der Waals surface area contributed by atoms with Crippen molar-refractivity contribution in [2.45, 2.75) is 58.4 Å². The van der Waals surface area contributed by atoms with E-state index in [-0.39, 0.29) is 0 Å². The van der Waals surface area contributed by atoms with E-state index in [9.17, 15) is 0 Å². The van der Waals surface area contributed by atoms with Gasteiger partial charge in [0.05, 0.1) is 0 Å². The first kappa shape index (κ1) is 15.1. The van der Waals surface area contributed by atoms with Gasteiger partial charge in [0.2, 0.25) is 5.95 Å². The van der Waals surface area contributed by atoms with Crippen LogP contribution in [-0.2, 0) is 0 Å². The molecule has 1 saturated heterocycles. The summed E-state index contributed by atoms with van der Waals surface area (Å²) in [5.74, 6) is 1.96. The summed E-state index contributed by atoms with van der Waals surface area (Å²) in [6.07, 6.45) is 9.41. The second-order valence-corrected chi connectivity index (χ2v) is 5.74. The first-order valence-corrected chi connectivity index (χ1v) is 8.07. The minimum atomic E-state index is 0.646. The van der Waals surface area contributed by atoms with Crippen LogP contribution >= 0.6 is 0 Å². The zero-order valence-electron chi connectivity index (χ0n) is 13.2. The molecule has 1 aromatic rings. The third-order valence-corrected chi connectivity index (χ3v) is 4.21. The molecule has 0 amide bonds. The molecule has 20 heavy (non-hydrogen) atoms. The van der Waals surface area contributed by atoms with Crippen molar-refractivity contribution in [3.05, 3.63) is 12.3 Å². The monoisotopic (exact) mass is 276 g/mol. The van der Waals surface area contributed by atoms with Crippen LogP contribution in [0.3, 0.4) is 0 Å². The number of aromatic nitrogens is 2. The Labute approximate surface area is 123 Å². The van der Waals surface area contributed by atoms with E-state index in [0.29, 0.717) is 6.04 Å². The highest BCUT2D eigenvalue weighted by molar-refractivity contribution is 5.44. The lowest BCUT2D eigenvalue weighted by Crippen LogP contribution is -2.39. The van der Waals surface area contributed by atoms with Crippen molar-refractivity contribution in [1.29, 1.82) is 0 Å². The van der Waals surface area contributed by atoms with Gasteiger partial charge in [-0.1, -0.05) is 20.3 Å². The molecule has 1 aromatic heterocycles. The number of hydrogen-bond donors (Lipinski definition) is 0. The molecule has 4 heteroatoms. The average Bonchev–Trinajstić information content (AvgIpc) is 2.52. The van der Waals surface area contributed by atoms with E-state index >= 15 is 0 Å². The molecule has 112 valence electrons. The maximum Gasteiger partial charge on any atom is 0.226 e. The largest absolute Gasteiger partial charge is 0.353 e. The molecule has 1 aliphatic heterocycles. The summed E-state index contributed by atoms with van der Waals surface area (Å²) in [5.41, 5.74) is 0. The van der Waals surface area contributed by atoms with Gasteiger partial charge in [-0.15, -0.1) is 0 Å². The minimum absolute atomic E-state index is 0.646. The second kappa shape index (κ2) is 7.46. The normalized spacial score (nSPS) is 19.1. The van der Waals surface area contributed by atoms with Crippen molar-refractivity contribution in [2.75, 3.05) is 29.9 Å². The molecule has 0 bridgehead atoms. The van der Waals surface area contributed by atoms with Crippen LogP contribution in [-0.4, -0.2) is 36.1 Å². The lowest BCUT2D eigenvalue weighted by molar-refractivity contribution is 0.446. The van der Waals surface area contributed by atoms with Gasteiger partial charge in [0.1, 0.15) is 5.82 Å². The van der Waals surface area contributed by atoms with Gasteiger partial charge < -0.3 is 9.80 Å². The van der Waals surface area contributed by atoms with Crippen LogP contribution in [0.15, 0.2) is 12.3 Å². The Morgan fingerprint density at radius 1 is 1.35 bits per heavy atom. The van der Waals surface area contributed by atoms with E-state index in [1.54, 1.807) is 0 Å². The zero-order valence-corrected chi connectivity index (χ0v) is 13.2. The number of anilines is 2. The van der Waals surface area contributed by atoms with Crippen LogP contribution in [0.2, 0.25) is 0 Å². The summed E-state index contributed by atoms with van der Waals surface area (Å²) in [7, 11) is 2.09. The SMILES string of the molecule is CCCCN(C)c1nccc(N2CCCCC2CC)n1. The summed E-state index contributed by atoms with van der Waals surface area (Å²) in [6, 6.07) is 2.71. The molecule has 1 atom stereocenters. The van der Waals surface area contributed by atoms with Gasteiger partial charge in [-0.25, -0.2) is 4.98 Å². The van der Waals surface area contributed by atoms with Crippen LogP contribution in [0.4, 0.5) is 11.8 Å². The van der Waals surface area contributed by atoms with Gasteiger partial charge in [0, 0.05) is 32.4 Å². The Hall–Kier alpha value is -1.32. The molecule has 1 unspecified atom stereocenters. The Kier molecular flexibility index (Phi) is 5.62. The molecular formula is C16H28N4. The molecule has 0 aliphatic carbocycles. The van der Waals surface area contributed by atoms with Crippen molar-refractivity contribution in [1.82, 2.24) is 9.97 Å². The number of rotatable bonds is 6. The van der Waals surface area contributed by atoms with Crippen molar-refractivity contribution >= 4 is 11.8 Å². The predicted octanol–water partition coefficient (Wildman–Crippen LogP) is 3.48. The maximum absolute atomic E-state index is 4.79. The highest BCUT2D eigenvalue weighted by atomic mass is 15.3. The molecule has 0 spiro atoms. The second-order valence-electron chi connectivity index (χ2n) is 5.74. The minimum Gasteiger partial charge on any atom is -0.353 e. The quantitative estimate of drug-likeness (QED) is 0.796. The van der Waals surface area contributed by atoms with Gasteiger partial charge in [-0.3, -0.25) is 0 Å². The molecule has 0 aromatic carbocycles. The number of unbranched alkanes of at least 4 members (excludes halogenated alkanes) is 1. The summed E-state index contributed by atoms with van der Waals surface area (Å²) in [6.45, 7) is 6.65. The topological polar surface area (TPSA) is 32.3 Å². The van der Waals surface area contributed by atoms with E-state index in [1.807, 2.05) is 6.20 Å². The molecule has 4 nitrogen and oxygen atoms in total. The maximum atomic E-state index is 4.79. The molecule has 0 radical (unpaired) electrons. The highest BCUT2D eigenvalue weighted by Gasteiger charge is 2.22. The smallest absolute Gasteiger partial charge is 0.226 e. The average molecular weight is 276 g/mol. The number of piperidine rings is 1. The van der Waals surface area contributed by atoms with E-state index < -0.39 is 0 Å². The summed E-state index contributed by atoms with van der Waals surface area (Å²) < 4.78 is 0.